The Kier molecular flexibility index (Phi) is 7.14. The van der Waals surface area contributed by atoms with Crippen LogP contribution in [0.15, 0.2) is 103 Å². The molecule has 0 aromatic heterocycles. The van der Waals surface area contributed by atoms with Crippen LogP contribution in [0.2, 0.25) is 0 Å². The molecular weight excluding hydrogens is 403 g/mol. The summed E-state index contributed by atoms with van der Waals surface area (Å²) >= 11 is 0. The van der Waals surface area contributed by atoms with E-state index in [1.54, 1.807) is 0 Å². The van der Waals surface area contributed by atoms with Gasteiger partial charge in [0.15, 0.2) is 0 Å². The van der Waals surface area contributed by atoms with Gasteiger partial charge in [0.2, 0.25) is 0 Å². The second-order valence-corrected chi connectivity index (χ2v) is 11.5. The molecule has 0 atom stereocenters. The molecule has 4 aromatic rings. The van der Waals surface area contributed by atoms with Gasteiger partial charge in [-0.15, -0.1) is 0 Å². The topological polar surface area (TPSA) is 0 Å². The highest BCUT2D eigenvalue weighted by Crippen LogP contribution is 2.58. The average Bonchev–Trinajstić information content (AvgIpc) is 2.73. The largest absolute Gasteiger partial charge is 1.00 e. The van der Waals surface area contributed by atoms with E-state index in [1.165, 1.54) is 38.2 Å². The summed E-state index contributed by atoms with van der Waals surface area (Å²) in [5.41, 5.74) is 5.35. The lowest BCUT2D eigenvalue weighted by Gasteiger charge is -2.28. The van der Waals surface area contributed by atoms with Crippen molar-refractivity contribution in [1.29, 1.82) is 0 Å². The van der Waals surface area contributed by atoms with Gasteiger partial charge in [-0.3, -0.25) is 0 Å². The molecule has 0 amide bonds. The molecule has 152 valence electrons. The Hall–Kier alpha value is -2.40. The molecule has 0 saturated carbocycles. The van der Waals surface area contributed by atoms with E-state index in [0.717, 1.165) is 6.16 Å². The number of benzene rings is 4. The van der Waals surface area contributed by atoms with Gasteiger partial charge in [-0.05, 0) is 79.4 Å². The second kappa shape index (κ2) is 9.61. The zero-order valence-corrected chi connectivity index (χ0v) is 19.5. The molecule has 0 unspecified atom stereocenters. The summed E-state index contributed by atoms with van der Waals surface area (Å²) in [6.45, 7) is 6.60. The molecule has 0 N–H and O–H groups in total. The molecule has 0 aliphatic heterocycles. The standard InChI is InChI=1S/C28H28P.ClH/c1-22-10-7-15-26(18-22)29(21-25-13-5-4-6-14-25,27-16-8-11-23(2)19-27)28-17-9-12-24(3)20-28;/h4-20H,21H2,1-3H3;1H/q+1;/p-1. The number of aryl methyl sites for hydroxylation is 3. The first-order chi connectivity index (χ1) is 14.1. The molecule has 0 fully saturated rings. The molecule has 0 bridgehead atoms. The summed E-state index contributed by atoms with van der Waals surface area (Å²) in [5.74, 6) is 0. The fourth-order valence-corrected chi connectivity index (χ4v) is 8.67. The minimum absolute atomic E-state index is 0. The average molecular weight is 431 g/mol. The van der Waals surface area contributed by atoms with Crippen LogP contribution in [0.25, 0.3) is 0 Å². The molecule has 30 heavy (non-hydrogen) atoms. The Morgan fingerprint density at radius 3 is 1.27 bits per heavy atom. The summed E-state index contributed by atoms with van der Waals surface area (Å²) in [5, 5.41) is 4.37. The number of halogens is 1. The van der Waals surface area contributed by atoms with Crippen molar-refractivity contribution >= 4 is 23.2 Å². The van der Waals surface area contributed by atoms with Gasteiger partial charge < -0.3 is 12.4 Å². The predicted octanol–water partition coefficient (Wildman–Crippen LogP) is 3.11. The van der Waals surface area contributed by atoms with Gasteiger partial charge in [0.1, 0.15) is 23.2 Å². The van der Waals surface area contributed by atoms with E-state index in [0.29, 0.717) is 0 Å². The summed E-state index contributed by atoms with van der Waals surface area (Å²) in [6.07, 6.45) is 1.03. The molecule has 0 radical (unpaired) electrons. The van der Waals surface area contributed by atoms with Crippen molar-refractivity contribution in [3.63, 3.8) is 0 Å². The molecule has 4 aromatic carbocycles. The van der Waals surface area contributed by atoms with Gasteiger partial charge in [-0.1, -0.05) is 66.7 Å². The van der Waals surface area contributed by atoms with Crippen LogP contribution in [0, 0.1) is 20.8 Å². The van der Waals surface area contributed by atoms with Gasteiger partial charge in [0.25, 0.3) is 0 Å². The number of hydrogen-bond donors (Lipinski definition) is 0. The Bertz CT molecular complexity index is 1010. The zero-order chi connectivity index (χ0) is 20.3. The van der Waals surface area contributed by atoms with Gasteiger partial charge in [0, 0.05) is 0 Å². The minimum atomic E-state index is -1.86. The van der Waals surface area contributed by atoms with E-state index >= 15 is 0 Å². The van der Waals surface area contributed by atoms with Crippen LogP contribution >= 0.6 is 7.26 Å². The maximum atomic E-state index is 2.40. The third-order valence-corrected chi connectivity index (χ3v) is 9.91. The first kappa shape index (κ1) is 22.3. The van der Waals surface area contributed by atoms with Crippen LogP contribution in [0.5, 0.6) is 0 Å². The first-order valence-corrected chi connectivity index (χ1v) is 12.2. The van der Waals surface area contributed by atoms with Crippen LogP contribution in [-0.2, 0) is 6.16 Å². The monoisotopic (exact) mass is 430 g/mol. The lowest BCUT2D eigenvalue weighted by Crippen LogP contribution is -3.00. The van der Waals surface area contributed by atoms with Crippen molar-refractivity contribution in [3.05, 3.63) is 125 Å². The SMILES string of the molecule is Cc1cccc([P+](Cc2ccccc2)(c2cccc(C)c2)c2cccc(C)c2)c1.[Cl-]. The summed E-state index contributed by atoms with van der Waals surface area (Å²) in [4.78, 5) is 0. The normalized spacial score (nSPS) is 11.0. The maximum absolute atomic E-state index is 2.40. The van der Waals surface area contributed by atoms with Gasteiger partial charge in [-0.2, -0.15) is 0 Å². The first-order valence-electron chi connectivity index (χ1n) is 10.2. The van der Waals surface area contributed by atoms with Crippen molar-refractivity contribution in [2.24, 2.45) is 0 Å². The van der Waals surface area contributed by atoms with Crippen molar-refractivity contribution in [3.8, 4) is 0 Å². The molecule has 0 spiro atoms. The predicted molar refractivity (Wildman–Crippen MR) is 130 cm³/mol. The van der Waals surface area contributed by atoms with Gasteiger partial charge in [-0.25, -0.2) is 0 Å². The molecule has 0 aliphatic rings. The van der Waals surface area contributed by atoms with Crippen molar-refractivity contribution in [2.75, 3.05) is 0 Å². The zero-order valence-electron chi connectivity index (χ0n) is 17.8. The molecule has 2 heteroatoms. The highest BCUT2D eigenvalue weighted by molar-refractivity contribution is 7.95. The minimum Gasteiger partial charge on any atom is -1.00 e. The van der Waals surface area contributed by atoms with Crippen LogP contribution in [0.1, 0.15) is 22.3 Å². The molecule has 0 nitrogen and oxygen atoms in total. The van der Waals surface area contributed by atoms with Crippen LogP contribution in [0.3, 0.4) is 0 Å². The summed E-state index contributed by atoms with van der Waals surface area (Å²) in [6, 6.07) is 38.5. The van der Waals surface area contributed by atoms with Gasteiger partial charge in [0.05, 0.1) is 6.16 Å². The fraction of sp³-hybridized carbons (Fsp3) is 0.143. The lowest BCUT2D eigenvalue weighted by molar-refractivity contribution is -0.00000593. The molecule has 0 aliphatic carbocycles. The quantitative estimate of drug-likeness (QED) is 0.427. The van der Waals surface area contributed by atoms with Crippen molar-refractivity contribution in [2.45, 2.75) is 26.9 Å². The van der Waals surface area contributed by atoms with E-state index < -0.39 is 7.26 Å². The van der Waals surface area contributed by atoms with E-state index in [2.05, 4.69) is 124 Å². The number of rotatable bonds is 5. The third kappa shape index (κ3) is 4.51. The van der Waals surface area contributed by atoms with Crippen molar-refractivity contribution in [1.82, 2.24) is 0 Å². The van der Waals surface area contributed by atoms with Crippen molar-refractivity contribution < 1.29 is 12.4 Å². The second-order valence-electron chi connectivity index (χ2n) is 7.97. The highest BCUT2D eigenvalue weighted by Gasteiger charge is 2.45. The third-order valence-electron chi connectivity index (χ3n) is 5.59. The fourth-order valence-electron chi connectivity index (χ4n) is 4.17. The highest BCUT2D eigenvalue weighted by atomic mass is 35.5. The van der Waals surface area contributed by atoms with E-state index in [-0.39, 0.29) is 12.4 Å². The Labute approximate surface area is 187 Å². The maximum Gasteiger partial charge on any atom is 0.116 e. The van der Waals surface area contributed by atoms with Crippen LogP contribution < -0.4 is 28.3 Å². The summed E-state index contributed by atoms with van der Waals surface area (Å²) in [7, 11) is -1.86. The van der Waals surface area contributed by atoms with E-state index in [9.17, 15) is 0 Å². The molecule has 0 saturated heterocycles. The molecule has 0 heterocycles. The lowest BCUT2D eigenvalue weighted by atomic mass is 10.2. The van der Waals surface area contributed by atoms with Crippen LogP contribution in [-0.4, -0.2) is 0 Å². The number of hydrogen-bond acceptors (Lipinski definition) is 0. The van der Waals surface area contributed by atoms with Gasteiger partial charge >= 0.3 is 0 Å². The van der Waals surface area contributed by atoms with Crippen LogP contribution in [0.4, 0.5) is 0 Å². The Morgan fingerprint density at radius 1 is 0.500 bits per heavy atom. The Morgan fingerprint density at radius 2 is 0.900 bits per heavy atom. The smallest absolute Gasteiger partial charge is 0.116 e. The molecule has 4 rings (SSSR count). The Balaban J connectivity index is 0.00000256. The molecular formula is C28H28ClP. The van der Waals surface area contributed by atoms with E-state index in [1.807, 2.05) is 0 Å². The summed E-state index contributed by atoms with van der Waals surface area (Å²) < 4.78 is 0. The van der Waals surface area contributed by atoms with E-state index in [4.69, 9.17) is 0 Å².